The van der Waals surface area contributed by atoms with Crippen molar-refractivity contribution in [3.63, 3.8) is 0 Å². The number of hydrogen-bond donors (Lipinski definition) is 2. The lowest BCUT2D eigenvalue weighted by Crippen LogP contribution is -2.39. The van der Waals surface area contributed by atoms with E-state index in [-0.39, 0.29) is 18.1 Å². The van der Waals surface area contributed by atoms with E-state index in [0.29, 0.717) is 29.3 Å². The summed E-state index contributed by atoms with van der Waals surface area (Å²) < 4.78 is 16.5. The molecule has 32 heavy (non-hydrogen) atoms. The molecule has 3 atom stereocenters. The Balaban J connectivity index is 1.80. The van der Waals surface area contributed by atoms with Crippen LogP contribution in [0.2, 0.25) is 0 Å². The highest BCUT2D eigenvalue weighted by molar-refractivity contribution is 6.03. The minimum Gasteiger partial charge on any atom is -0.379 e. The molecule has 8 heteroatoms. The predicted octanol–water partition coefficient (Wildman–Crippen LogP) is 3.96. The lowest BCUT2D eigenvalue weighted by atomic mass is 10.0. The summed E-state index contributed by atoms with van der Waals surface area (Å²) in [6.07, 6.45) is 1.30. The first-order valence-corrected chi connectivity index (χ1v) is 10.5. The Morgan fingerprint density at radius 2 is 1.84 bits per heavy atom. The monoisotopic (exact) mass is 438 g/mol. The average molecular weight is 439 g/mol. The molecule has 0 saturated carbocycles. The third-order valence-corrected chi connectivity index (χ3v) is 5.36. The van der Waals surface area contributed by atoms with Gasteiger partial charge in [0.15, 0.2) is 5.82 Å². The molecule has 2 N–H and O–H groups in total. The van der Waals surface area contributed by atoms with Crippen LogP contribution >= 0.6 is 0 Å². The molecule has 1 amide bonds. The Labute approximate surface area is 188 Å². The minimum atomic E-state index is -0.439. The van der Waals surface area contributed by atoms with Crippen molar-refractivity contribution in [1.29, 1.82) is 0 Å². The minimum absolute atomic E-state index is 0.204. The van der Waals surface area contributed by atoms with E-state index in [9.17, 15) is 4.79 Å². The van der Waals surface area contributed by atoms with Gasteiger partial charge in [0.2, 0.25) is 0 Å². The zero-order valence-electron chi connectivity index (χ0n) is 19.1. The molecular formula is C24H30N4O4. The molecule has 8 nitrogen and oxygen atoms in total. The second-order valence-electron chi connectivity index (χ2n) is 7.35. The lowest BCUT2D eigenvalue weighted by molar-refractivity contribution is -0.113. The van der Waals surface area contributed by atoms with Crippen LogP contribution in [-0.4, -0.2) is 60.5 Å². The first-order valence-electron chi connectivity index (χ1n) is 10.5. The Bertz CT molecular complexity index is 1050. The molecule has 1 aromatic carbocycles. The molecule has 0 bridgehead atoms. The number of para-hydroxylation sites is 2. The van der Waals surface area contributed by atoms with E-state index in [1.54, 1.807) is 33.5 Å². The molecule has 0 saturated heterocycles. The number of carbonyl (C=O) groups is 1. The smallest absolute Gasteiger partial charge is 0.252 e. The van der Waals surface area contributed by atoms with Gasteiger partial charge in [-0.25, -0.2) is 9.97 Å². The number of H-pyrrole nitrogens is 1. The van der Waals surface area contributed by atoms with E-state index in [1.807, 2.05) is 50.2 Å². The quantitative estimate of drug-likeness (QED) is 0.465. The number of anilines is 1. The van der Waals surface area contributed by atoms with Gasteiger partial charge >= 0.3 is 0 Å². The highest BCUT2D eigenvalue weighted by Crippen LogP contribution is 2.21. The molecular weight excluding hydrogens is 408 g/mol. The van der Waals surface area contributed by atoms with Crippen LogP contribution in [0, 0.1) is 0 Å². The maximum atomic E-state index is 13.0. The van der Waals surface area contributed by atoms with Crippen LogP contribution in [-0.2, 0) is 19.0 Å². The number of nitrogens with zero attached hydrogens (tertiary/aromatic N) is 2. The fourth-order valence-electron chi connectivity index (χ4n) is 3.48. The average Bonchev–Trinajstić information content (AvgIpc) is 3.26. The van der Waals surface area contributed by atoms with Crippen LogP contribution in [0.3, 0.4) is 0 Å². The summed E-state index contributed by atoms with van der Waals surface area (Å²) in [6, 6.07) is 13.2. The largest absolute Gasteiger partial charge is 0.379 e. The number of hydrogen-bond acceptors (Lipinski definition) is 6. The summed E-state index contributed by atoms with van der Waals surface area (Å²) in [7, 11) is 4.79. The topological polar surface area (TPSA) is 98.4 Å². The van der Waals surface area contributed by atoms with Crippen molar-refractivity contribution in [3.8, 4) is 11.5 Å². The Morgan fingerprint density at radius 3 is 2.50 bits per heavy atom. The molecule has 170 valence electrons. The number of nitrogens with one attached hydrogen (secondary N) is 2. The molecule has 2 heterocycles. The van der Waals surface area contributed by atoms with Crippen molar-refractivity contribution < 1.29 is 19.0 Å². The molecule has 3 aromatic rings. The van der Waals surface area contributed by atoms with E-state index >= 15 is 0 Å². The fraction of sp³-hybridized carbons (Fsp3) is 0.375. The number of imidazole rings is 1. The first kappa shape index (κ1) is 23.6. The van der Waals surface area contributed by atoms with Gasteiger partial charge in [0, 0.05) is 26.9 Å². The molecule has 0 radical (unpaired) electrons. The van der Waals surface area contributed by atoms with Gasteiger partial charge in [-0.3, -0.25) is 4.79 Å². The molecule has 2 aromatic heterocycles. The van der Waals surface area contributed by atoms with Gasteiger partial charge < -0.3 is 24.5 Å². The third kappa shape index (κ3) is 5.40. The molecule has 0 aliphatic heterocycles. The third-order valence-electron chi connectivity index (χ3n) is 5.36. The number of aromatic amines is 1. The highest BCUT2D eigenvalue weighted by Gasteiger charge is 2.26. The van der Waals surface area contributed by atoms with Gasteiger partial charge in [-0.2, -0.15) is 0 Å². The van der Waals surface area contributed by atoms with Crippen LogP contribution in [0.1, 0.15) is 20.3 Å². The molecule has 3 unspecified atom stereocenters. The molecule has 0 aliphatic rings. The summed E-state index contributed by atoms with van der Waals surface area (Å²) in [4.78, 5) is 25.4. The maximum Gasteiger partial charge on any atom is 0.252 e. The van der Waals surface area contributed by atoms with Crippen LogP contribution in [0.5, 0.6) is 0 Å². The molecule has 3 rings (SSSR count). The number of rotatable bonds is 10. The van der Waals surface area contributed by atoms with E-state index in [2.05, 4.69) is 20.3 Å². The van der Waals surface area contributed by atoms with Crippen LogP contribution < -0.4 is 5.32 Å². The van der Waals surface area contributed by atoms with Crippen molar-refractivity contribution in [2.24, 2.45) is 0 Å². The summed E-state index contributed by atoms with van der Waals surface area (Å²) in [6.45, 7) is 3.81. The number of pyridine rings is 1. The maximum absolute atomic E-state index is 13.0. The van der Waals surface area contributed by atoms with Crippen LogP contribution in [0.15, 0.2) is 54.1 Å². The van der Waals surface area contributed by atoms with E-state index in [0.717, 1.165) is 11.0 Å². The second kappa shape index (κ2) is 11.0. The van der Waals surface area contributed by atoms with Crippen molar-refractivity contribution >= 4 is 22.8 Å². The molecule has 0 fully saturated rings. The second-order valence-corrected chi connectivity index (χ2v) is 7.35. The van der Waals surface area contributed by atoms with Gasteiger partial charge in [-0.05, 0) is 43.7 Å². The highest BCUT2D eigenvalue weighted by atomic mass is 16.6. The van der Waals surface area contributed by atoms with Crippen LogP contribution in [0.4, 0.5) is 5.82 Å². The van der Waals surface area contributed by atoms with E-state index < -0.39 is 6.10 Å². The number of aromatic nitrogens is 3. The summed E-state index contributed by atoms with van der Waals surface area (Å²) in [5.41, 5.74) is 3.00. The number of carbonyl (C=O) groups excluding carboxylic acids is 1. The van der Waals surface area contributed by atoms with E-state index in [1.165, 1.54) is 0 Å². The number of ether oxygens (including phenoxy) is 3. The zero-order valence-corrected chi connectivity index (χ0v) is 19.1. The first-order chi connectivity index (χ1) is 15.5. The zero-order chi connectivity index (χ0) is 23.1. The van der Waals surface area contributed by atoms with Gasteiger partial charge in [-0.15, -0.1) is 0 Å². The Hall–Kier alpha value is -3.07. The fourth-order valence-corrected chi connectivity index (χ4v) is 3.48. The summed E-state index contributed by atoms with van der Waals surface area (Å²) >= 11 is 0. The van der Waals surface area contributed by atoms with Gasteiger partial charge in [0.05, 0.1) is 17.1 Å². The predicted molar refractivity (Wildman–Crippen MR) is 124 cm³/mol. The normalized spacial score (nSPS) is 14.8. The van der Waals surface area contributed by atoms with Crippen molar-refractivity contribution in [2.45, 2.75) is 38.6 Å². The van der Waals surface area contributed by atoms with Crippen LogP contribution in [0.25, 0.3) is 22.6 Å². The Kier molecular flexibility index (Phi) is 8.10. The number of fused-ring (bicyclic) bond motifs is 1. The van der Waals surface area contributed by atoms with Gasteiger partial charge in [-0.1, -0.05) is 25.1 Å². The van der Waals surface area contributed by atoms with Gasteiger partial charge in [0.1, 0.15) is 23.7 Å². The molecule has 0 aliphatic carbocycles. The number of benzene rings is 1. The lowest BCUT2D eigenvalue weighted by Gasteiger charge is -2.27. The summed E-state index contributed by atoms with van der Waals surface area (Å²) in [5.74, 6) is 0.836. The van der Waals surface area contributed by atoms with E-state index in [4.69, 9.17) is 14.2 Å². The number of amides is 1. The number of methoxy groups -OCH3 is 3. The van der Waals surface area contributed by atoms with Crippen molar-refractivity contribution in [3.05, 3.63) is 54.1 Å². The van der Waals surface area contributed by atoms with Crippen molar-refractivity contribution in [1.82, 2.24) is 15.0 Å². The SMILES string of the molecule is CC/C(=C\C(OC)C(OC)C(C)OC)C(=O)Nc1cccc(-c2nc3ccccc3[nH]2)n1. The van der Waals surface area contributed by atoms with Gasteiger partial charge in [0.25, 0.3) is 5.91 Å². The standard InChI is InChI=1S/C24H30N4O4/c1-6-16(14-20(31-4)22(32-5)15(2)30-3)24(29)28-21-13-9-12-19(25-21)23-26-17-10-7-8-11-18(17)27-23/h7-15,20,22H,6H2,1-5H3,(H,26,27)(H,25,28,29)/b16-14+. The van der Waals surface area contributed by atoms with Crippen molar-refractivity contribution in [2.75, 3.05) is 26.6 Å². The Morgan fingerprint density at radius 1 is 1.06 bits per heavy atom. The molecule has 0 spiro atoms. The summed E-state index contributed by atoms with van der Waals surface area (Å²) in [5, 5.41) is 2.88.